The van der Waals surface area contributed by atoms with Crippen LogP contribution in [0.15, 0.2) is 0 Å². The van der Waals surface area contributed by atoms with Gasteiger partial charge in [0.05, 0.1) is 6.54 Å². The summed E-state index contributed by atoms with van der Waals surface area (Å²) >= 11 is 0. The molecule has 0 heterocycles. The van der Waals surface area contributed by atoms with E-state index < -0.39 is 5.97 Å². The number of hydrogen-bond acceptors (Lipinski definition) is 2. The predicted octanol–water partition coefficient (Wildman–Crippen LogP) is 1.10. The van der Waals surface area contributed by atoms with Gasteiger partial charge < -0.3 is 10.4 Å². The van der Waals surface area contributed by atoms with Crippen molar-refractivity contribution in [1.29, 1.82) is 0 Å². The number of hydrogen-bond donors (Lipinski definition) is 2. The Hall–Kier alpha value is -0.570. The zero-order valence-electron chi connectivity index (χ0n) is 7.26. The zero-order valence-corrected chi connectivity index (χ0v) is 7.26. The van der Waals surface area contributed by atoms with E-state index in [0.717, 1.165) is 19.4 Å². The van der Waals surface area contributed by atoms with E-state index in [4.69, 9.17) is 5.11 Å². The first-order valence-corrected chi connectivity index (χ1v) is 4.13. The molecular weight excluding hydrogens is 142 g/mol. The van der Waals surface area contributed by atoms with Gasteiger partial charge in [0, 0.05) is 0 Å². The maximum absolute atomic E-state index is 10.1. The van der Waals surface area contributed by atoms with Gasteiger partial charge in [0.1, 0.15) is 0 Å². The summed E-state index contributed by atoms with van der Waals surface area (Å²) in [7, 11) is 0. The molecule has 0 spiro atoms. The van der Waals surface area contributed by atoms with E-state index in [1.807, 2.05) is 0 Å². The average Bonchev–Trinajstić information content (AvgIpc) is 1.98. The molecule has 0 saturated heterocycles. The number of nitrogens with one attached hydrogen (secondary N) is 1. The Balaban J connectivity index is 3.28. The second-order valence-electron chi connectivity index (χ2n) is 2.71. The molecule has 66 valence electrons. The second-order valence-corrected chi connectivity index (χ2v) is 2.71. The molecular formula is C8H17NO2. The highest BCUT2D eigenvalue weighted by molar-refractivity contribution is 5.68. The fourth-order valence-electron chi connectivity index (χ4n) is 0.961. The maximum Gasteiger partial charge on any atom is 0.317 e. The normalized spacial score (nSPS) is 10.5. The summed E-state index contributed by atoms with van der Waals surface area (Å²) < 4.78 is 0. The molecule has 0 aliphatic heterocycles. The Kier molecular flexibility index (Phi) is 5.84. The Morgan fingerprint density at radius 3 is 2.36 bits per heavy atom. The van der Waals surface area contributed by atoms with Crippen LogP contribution in [0.2, 0.25) is 0 Å². The van der Waals surface area contributed by atoms with E-state index in [0.29, 0.717) is 5.92 Å². The molecule has 3 heteroatoms. The molecule has 0 fully saturated rings. The summed E-state index contributed by atoms with van der Waals surface area (Å²) in [5, 5.41) is 11.2. The minimum atomic E-state index is -0.782. The van der Waals surface area contributed by atoms with Crippen LogP contribution in [0, 0.1) is 5.92 Å². The van der Waals surface area contributed by atoms with Crippen LogP contribution in [-0.2, 0) is 4.79 Å². The van der Waals surface area contributed by atoms with Crippen molar-refractivity contribution in [2.75, 3.05) is 13.1 Å². The zero-order chi connectivity index (χ0) is 8.69. The van der Waals surface area contributed by atoms with Crippen LogP contribution in [0.5, 0.6) is 0 Å². The molecule has 0 amide bonds. The maximum atomic E-state index is 10.1. The first kappa shape index (κ1) is 10.4. The van der Waals surface area contributed by atoms with Crippen molar-refractivity contribution < 1.29 is 9.90 Å². The molecule has 0 bridgehead atoms. The first-order chi connectivity index (χ1) is 5.20. The van der Waals surface area contributed by atoms with E-state index in [2.05, 4.69) is 19.2 Å². The lowest BCUT2D eigenvalue weighted by atomic mass is 10.0. The highest BCUT2D eigenvalue weighted by Crippen LogP contribution is 2.04. The van der Waals surface area contributed by atoms with E-state index in [9.17, 15) is 4.79 Å². The van der Waals surface area contributed by atoms with Crippen molar-refractivity contribution in [3.8, 4) is 0 Å². The van der Waals surface area contributed by atoms with Crippen molar-refractivity contribution >= 4 is 5.97 Å². The summed E-state index contributed by atoms with van der Waals surface area (Å²) in [4.78, 5) is 10.1. The van der Waals surface area contributed by atoms with Crippen LogP contribution in [0.4, 0.5) is 0 Å². The summed E-state index contributed by atoms with van der Waals surface area (Å²) in [6.07, 6.45) is 2.23. The fourth-order valence-corrected chi connectivity index (χ4v) is 0.961. The van der Waals surface area contributed by atoms with Crippen molar-refractivity contribution in [3.05, 3.63) is 0 Å². The number of carboxylic acids is 1. The molecule has 11 heavy (non-hydrogen) atoms. The Bertz CT molecular complexity index is 111. The van der Waals surface area contributed by atoms with Gasteiger partial charge in [0.15, 0.2) is 0 Å². The largest absolute Gasteiger partial charge is 0.480 e. The Morgan fingerprint density at radius 2 is 2.00 bits per heavy atom. The van der Waals surface area contributed by atoms with Crippen LogP contribution < -0.4 is 5.32 Å². The van der Waals surface area contributed by atoms with Gasteiger partial charge in [-0.05, 0) is 12.5 Å². The monoisotopic (exact) mass is 159 g/mol. The fraction of sp³-hybridized carbons (Fsp3) is 0.875. The molecule has 0 rings (SSSR count). The minimum Gasteiger partial charge on any atom is -0.480 e. The number of rotatable bonds is 6. The van der Waals surface area contributed by atoms with Crippen molar-refractivity contribution in [1.82, 2.24) is 5.32 Å². The quantitative estimate of drug-likeness (QED) is 0.610. The van der Waals surface area contributed by atoms with Gasteiger partial charge in [-0.3, -0.25) is 4.79 Å². The summed E-state index contributed by atoms with van der Waals surface area (Å²) in [6, 6.07) is 0. The van der Waals surface area contributed by atoms with Crippen LogP contribution in [0.3, 0.4) is 0 Å². The van der Waals surface area contributed by atoms with Crippen molar-refractivity contribution in [3.63, 3.8) is 0 Å². The molecule has 0 aliphatic rings. The average molecular weight is 159 g/mol. The number of aliphatic carboxylic acids is 1. The summed E-state index contributed by atoms with van der Waals surface area (Å²) in [6.45, 7) is 5.14. The van der Waals surface area contributed by atoms with Gasteiger partial charge in [-0.1, -0.05) is 26.7 Å². The van der Waals surface area contributed by atoms with Gasteiger partial charge in [-0.25, -0.2) is 0 Å². The van der Waals surface area contributed by atoms with Gasteiger partial charge >= 0.3 is 5.97 Å². The molecule has 0 saturated carbocycles. The van der Waals surface area contributed by atoms with Crippen LogP contribution in [0.1, 0.15) is 26.7 Å². The Labute approximate surface area is 67.8 Å². The van der Waals surface area contributed by atoms with Gasteiger partial charge in [-0.15, -0.1) is 0 Å². The van der Waals surface area contributed by atoms with Crippen LogP contribution in [-0.4, -0.2) is 24.2 Å². The highest BCUT2D eigenvalue weighted by atomic mass is 16.4. The molecule has 0 atom stereocenters. The molecule has 0 aromatic heterocycles. The third-order valence-corrected chi connectivity index (χ3v) is 1.86. The molecule has 0 unspecified atom stereocenters. The third kappa shape index (κ3) is 5.85. The summed E-state index contributed by atoms with van der Waals surface area (Å²) in [5.74, 6) is -0.162. The molecule has 0 radical (unpaired) electrons. The van der Waals surface area contributed by atoms with E-state index >= 15 is 0 Å². The van der Waals surface area contributed by atoms with E-state index in [-0.39, 0.29) is 6.54 Å². The van der Waals surface area contributed by atoms with Crippen LogP contribution >= 0.6 is 0 Å². The number of carbonyl (C=O) groups is 1. The topological polar surface area (TPSA) is 49.3 Å². The second kappa shape index (κ2) is 6.16. The number of carboxylic acid groups (broad SMARTS) is 1. The lowest BCUT2D eigenvalue weighted by molar-refractivity contribution is -0.136. The molecule has 0 aliphatic carbocycles. The van der Waals surface area contributed by atoms with Gasteiger partial charge in [0.2, 0.25) is 0 Å². The van der Waals surface area contributed by atoms with Crippen molar-refractivity contribution in [2.45, 2.75) is 26.7 Å². The molecule has 0 aromatic rings. The molecule has 2 N–H and O–H groups in total. The minimum absolute atomic E-state index is 0.0799. The Morgan fingerprint density at radius 1 is 1.45 bits per heavy atom. The molecule has 0 aromatic carbocycles. The van der Waals surface area contributed by atoms with Crippen LogP contribution in [0.25, 0.3) is 0 Å². The third-order valence-electron chi connectivity index (χ3n) is 1.86. The smallest absolute Gasteiger partial charge is 0.317 e. The lowest BCUT2D eigenvalue weighted by Gasteiger charge is -2.11. The predicted molar refractivity (Wildman–Crippen MR) is 44.6 cm³/mol. The standard InChI is InChI=1S/C8H17NO2/c1-3-7(4-2)5-9-6-8(10)11/h7,9H,3-6H2,1-2H3,(H,10,11). The van der Waals surface area contributed by atoms with E-state index in [1.165, 1.54) is 0 Å². The highest BCUT2D eigenvalue weighted by Gasteiger charge is 2.02. The van der Waals surface area contributed by atoms with Crippen molar-refractivity contribution in [2.24, 2.45) is 5.92 Å². The first-order valence-electron chi connectivity index (χ1n) is 4.13. The van der Waals surface area contributed by atoms with Gasteiger partial charge in [-0.2, -0.15) is 0 Å². The van der Waals surface area contributed by atoms with E-state index in [1.54, 1.807) is 0 Å². The summed E-state index contributed by atoms with van der Waals surface area (Å²) in [5.41, 5.74) is 0. The van der Waals surface area contributed by atoms with Gasteiger partial charge in [0.25, 0.3) is 0 Å². The SMILES string of the molecule is CCC(CC)CNCC(=O)O. The lowest BCUT2D eigenvalue weighted by Crippen LogP contribution is -2.27. The molecule has 3 nitrogen and oxygen atoms in total.